The van der Waals surface area contributed by atoms with Gasteiger partial charge in [0.05, 0.1) is 11.4 Å². The van der Waals surface area contributed by atoms with E-state index in [4.69, 9.17) is 0 Å². The molecular weight excluding hydrogens is 323 g/mol. The van der Waals surface area contributed by atoms with E-state index in [1.807, 2.05) is 42.9 Å². The van der Waals surface area contributed by atoms with Crippen LogP contribution in [-0.4, -0.2) is 9.78 Å². The summed E-state index contributed by atoms with van der Waals surface area (Å²) in [6.45, 7) is 1.93. The zero-order valence-corrected chi connectivity index (χ0v) is 14.8. The van der Waals surface area contributed by atoms with Gasteiger partial charge in [-0.2, -0.15) is 5.10 Å². The Morgan fingerprint density at radius 2 is 1.46 bits per heavy atom. The standard InChI is InChI=1S/C23H19FN2/c1-16-14-20(24)12-13-21(16)17-8-10-19(11-9-17)23-15-22(25-26(23)2)18-6-4-3-5-7-18/h3-15H,1-2H3. The van der Waals surface area contributed by atoms with E-state index in [1.54, 1.807) is 6.07 Å². The number of rotatable bonds is 3. The zero-order valence-electron chi connectivity index (χ0n) is 14.8. The molecule has 26 heavy (non-hydrogen) atoms. The van der Waals surface area contributed by atoms with Crippen LogP contribution < -0.4 is 0 Å². The molecule has 4 rings (SSSR count). The van der Waals surface area contributed by atoms with Crippen LogP contribution in [0.5, 0.6) is 0 Å². The molecule has 0 aliphatic heterocycles. The average molecular weight is 342 g/mol. The van der Waals surface area contributed by atoms with Crippen LogP contribution in [0.15, 0.2) is 78.9 Å². The molecule has 2 nitrogen and oxygen atoms in total. The maximum Gasteiger partial charge on any atom is 0.123 e. The summed E-state index contributed by atoms with van der Waals surface area (Å²) in [6, 6.07) is 25.5. The summed E-state index contributed by atoms with van der Waals surface area (Å²) >= 11 is 0. The molecule has 0 radical (unpaired) electrons. The van der Waals surface area contributed by atoms with Crippen molar-refractivity contribution >= 4 is 0 Å². The number of aryl methyl sites for hydroxylation is 2. The van der Waals surface area contributed by atoms with Crippen molar-refractivity contribution in [2.45, 2.75) is 6.92 Å². The van der Waals surface area contributed by atoms with Crippen molar-refractivity contribution in [1.29, 1.82) is 0 Å². The molecule has 0 aliphatic carbocycles. The number of hydrogen-bond acceptors (Lipinski definition) is 1. The molecule has 1 heterocycles. The number of nitrogens with zero attached hydrogens (tertiary/aromatic N) is 2. The summed E-state index contributed by atoms with van der Waals surface area (Å²) in [5.74, 6) is -0.203. The minimum absolute atomic E-state index is 0.203. The van der Waals surface area contributed by atoms with E-state index in [0.29, 0.717) is 0 Å². The highest BCUT2D eigenvalue weighted by Gasteiger charge is 2.10. The van der Waals surface area contributed by atoms with E-state index in [2.05, 4.69) is 47.6 Å². The lowest BCUT2D eigenvalue weighted by atomic mass is 9.98. The van der Waals surface area contributed by atoms with Crippen LogP contribution in [0.4, 0.5) is 4.39 Å². The third-order valence-electron chi connectivity index (χ3n) is 4.63. The molecule has 0 aliphatic rings. The number of benzene rings is 3. The summed E-state index contributed by atoms with van der Waals surface area (Å²) in [5, 5.41) is 4.64. The molecule has 0 spiro atoms. The van der Waals surface area contributed by atoms with Gasteiger partial charge in [0.1, 0.15) is 5.82 Å². The van der Waals surface area contributed by atoms with Crippen LogP contribution in [-0.2, 0) is 7.05 Å². The minimum Gasteiger partial charge on any atom is -0.267 e. The van der Waals surface area contributed by atoms with Crippen molar-refractivity contribution in [1.82, 2.24) is 9.78 Å². The number of aromatic nitrogens is 2. The first-order chi connectivity index (χ1) is 12.6. The van der Waals surface area contributed by atoms with E-state index < -0.39 is 0 Å². The Morgan fingerprint density at radius 1 is 0.769 bits per heavy atom. The highest BCUT2D eigenvalue weighted by atomic mass is 19.1. The van der Waals surface area contributed by atoms with Gasteiger partial charge in [-0.25, -0.2) is 4.39 Å². The lowest BCUT2D eigenvalue weighted by molar-refractivity contribution is 0.627. The summed E-state index contributed by atoms with van der Waals surface area (Å²) in [7, 11) is 1.96. The Kier molecular flexibility index (Phi) is 4.13. The number of halogens is 1. The molecule has 0 saturated heterocycles. The second kappa shape index (κ2) is 6.60. The van der Waals surface area contributed by atoms with Gasteiger partial charge in [0.2, 0.25) is 0 Å². The van der Waals surface area contributed by atoms with Crippen molar-refractivity contribution in [3.05, 3.63) is 90.2 Å². The molecule has 4 aromatic rings. The Balaban J connectivity index is 1.68. The number of hydrogen-bond donors (Lipinski definition) is 0. The molecule has 0 bridgehead atoms. The van der Waals surface area contributed by atoms with Crippen LogP contribution in [0.1, 0.15) is 5.56 Å². The van der Waals surface area contributed by atoms with Gasteiger partial charge in [0, 0.05) is 12.6 Å². The molecule has 0 unspecified atom stereocenters. The average Bonchev–Trinajstić information content (AvgIpc) is 3.04. The Morgan fingerprint density at radius 3 is 2.15 bits per heavy atom. The zero-order chi connectivity index (χ0) is 18.1. The first kappa shape index (κ1) is 16.3. The van der Waals surface area contributed by atoms with Gasteiger partial charge < -0.3 is 0 Å². The van der Waals surface area contributed by atoms with Crippen molar-refractivity contribution in [2.24, 2.45) is 7.05 Å². The Hall–Kier alpha value is -3.20. The lowest BCUT2D eigenvalue weighted by Gasteiger charge is -2.08. The van der Waals surface area contributed by atoms with Crippen molar-refractivity contribution < 1.29 is 4.39 Å². The second-order valence-corrected chi connectivity index (χ2v) is 6.44. The van der Waals surface area contributed by atoms with Crippen molar-refractivity contribution in [3.8, 4) is 33.6 Å². The van der Waals surface area contributed by atoms with Gasteiger partial charge in [-0.05, 0) is 47.4 Å². The second-order valence-electron chi connectivity index (χ2n) is 6.44. The molecule has 3 aromatic carbocycles. The molecule has 3 heteroatoms. The van der Waals surface area contributed by atoms with E-state index in [1.165, 1.54) is 6.07 Å². The predicted octanol–water partition coefficient (Wildman–Crippen LogP) is 5.87. The Bertz CT molecular complexity index is 1050. The van der Waals surface area contributed by atoms with Crippen LogP contribution in [0.3, 0.4) is 0 Å². The summed E-state index contributed by atoms with van der Waals surface area (Å²) < 4.78 is 15.2. The van der Waals surface area contributed by atoms with Gasteiger partial charge in [-0.3, -0.25) is 4.68 Å². The monoisotopic (exact) mass is 342 g/mol. The highest BCUT2D eigenvalue weighted by molar-refractivity contribution is 5.73. The van der Waals surface area contributed by atoms with Gasteiger partial charge in [-0.1, -0.05) is 60.7 Å². The van der Waals surface area contributed by atoms with E-state index in [-0.39, 0.29) is 5.82 Å². The van der Waals surface area contributed by atoms with E-state index >= 15 is 0 Å². The topological polar surface area (TPSA) is 17.8 Å². The van der Waals surface area contributed by atoms with Crippen LogP contribution in [0, 0.1) is 12.7 Å². The Labute approximate surface area is 152 Å². The lowest BCUT2D eigenvalue weighted by Crippen LogP contribution is -1.94. The summed E-state index contributed by atoms with van der Waals surface area (Å²) in [4.78, 5) is 0. The van der Waals surface area contributed by atoms with Gasteiger partial charge in [0.25, 0.3) is 0 Å². The van der Waals surface area contributed by atoms with Gasteiger partial charge >= 0.3 is 0 Å². The van der Waals surface area contributed by atoms with Crippen LogP contribution in [0.25, 0.3) is 33.6 Å². The summed E-state index contributed by atoms with van der Waals surface area (Å²) in [6.07, 6.45) is 0. The molecular formula is C23H19FN2. The fourth-order valence-electron chi connectivity index (χ4n) is 3.26. The smallest absolute Gasteiger partial charge is 0.123 e. The minimum atomic E-state index is -0.203. The molecule has 0 atom stereocenters. The normalized spacial score (nSPS) is 10.9. The predicted molar refractivity (Wildman–Crippen MR) is 104 cm³/mol. The molecule has 0 N–H and O–H groups in total. The van der Waals surface area contributed by atoms with Gasteiger partial charge in [-0.15, -0.1) is 0 Å². The van der Waals surface area contributed by atoms with E-state index in [9.17, 15) is 4.39 Å². The maximum absolute atomic E-state index is 13.3. The third-order valence-corrected chi connectivity index (χ3v) is 4.63. The van der Waals surface area contributed by atoms with Crippen molar-refractivity contribution in [2.75, 3.05) is 0 Å². The third kappa shape index (κ3) is 3.04. The maximum atomic E-state index is 13.3. The fourth-order valence-corrected chi connectivity index (χ4v) is 3.26. The van der Waals surface area contributed by atoms with Crippen LogP contribution >= 0.6 is 0 Å². The molecule has 0 amide bonds. The SMILES string of the molecule is Cc1cc(F)ccc1-c1ccc(-c2cc(-c3ccccc3)nn2C)cc1. The van der Waals surface area contributed by atoms with Crippen molar-refractivity contribution in [3.63, 3.8) is 0 Å². The quantitative estimate of drug-likeness (QED) is 0.455. The molecule has 128 valence electrons. The molecule has 1 aromatic heterocycles. The van der Waals surface area contributed by atoms with Crippen LogP contribution in [0.2, 0.25) is 0 Å². The molecule has 0 fully saturated rings. The first-order valence-corrected chi connectivity index (χ1v) is 8.58. The first-order valence-electron chi connectivity index (χ1n) is 8.58. The largest absolute Gasteiger partial charge is 0.267 e. The fraction of sp³-hybridized carbons (Fsp3) is 0.0870. The molecule has 0 saturated carbocycles. The van der Waals surface area contributed by atoms with E-state index in [0.717, 1.165) is 39.2 Å². The summed E-state index contributed by atoms with van der Waals surface area (Å²) in [5.41, 5.74) is 7.29. The highest BCUT2D eigenvalue weighted by Crippen LogP contribution is 2.29. The van der Waals surface area contributed by atoms with Gasteiger partial charge in [0.15, 0.2) is 0 Å².